The van der Waals surface area contributed by atoms with Crippen LogP contribution in [0.3, 0.4) is 0 Å². The van der Waals surface area contributed by atoms with E-state index in [1.165, 1.54) is 12.8 Å². The molecule has 1 fully saturated rings. The molecule has 3 nitrogen and oxygen atoms in total. The average Bonchev–Trinajstić information content (AvgIpc) is 2.85. The highest BCUT2D eigenvalue weighted by Gasteiger charge is 2.26. The number of likely N-dealkylation sites (tertiary alicyclic amines) is 1. The number of likely N-dealkylation sites (N-methyl/N-ethyl adjacent to an activating group) is 2. The lowest BCUT2D eigenvalue weighted by molar-refractivity contribution is 0.0754. The maximum Gasteiger partial charge on any atom is 0.254 e. The molecule has 4 heteroatoms. The number of carbonyl (C=O) groups excluding carboxylic acids is 1. The van der Waals surface area contributed by atoms with Crippen LogP contribution >= 0.6 is 15.9 Å². The van der Waals surface area contributed by atoms with Crippen LogP contribution in [0.2, 0.25) is 0 Å². The molecule has 0 spiro atoms. The van der Waals surface area contributed by atoms with Crippen LogP contribution < -0.4 is 0 Å². The molecule has 1 aromatic carbocycles. The predicted molar refractivity (Wildman–Crippen MR) is 81.4 cm³/mol. The second-order valence-corrected chi connectivity index (χ2v) is 5.94. The molecule has 1 atom stereocenters. The average molecular weight is 325 g/mol. The zero-order valence-electron chi connectivity index (χ0n) is 11.6. The van der Waals surface area contributed by atoms with E-state index in [0.29, 0.717) is 6.04 Å². The monoisotopic (exact) mass is 324 g/mol. The van der Waals surface area contributed by atoms with Crippen LogP contribution in [-0.4, -0.2) is 48.4 Å². The molecule has 0 bridgehead atoms. The molecular formula is C15H21BrN2O. The third kappa shape index (κ3) is 3.37. The van der Waals surface area contributed by atoms with Crippen molar-refractivity contribution in [3.8, 4) is 0 Å². The minimum absolute atomic E-state index is 0.0930. The summed E-state index contributed by atoms with van der Waals surface area (Å²) in [5.74, 6) is 0.0930. The van der Waals surface area contributed by atoms with Crippen molar-refractivity contribution in [1.82, 2.24) is 9.80 Å². The van der Waals surface area contributed by atoms with Crippen molar-refractivity contribution in [1.29, 1.82) is 0 Å². The maximum atomic E-state index is 12.4. The lowest BCUT2D eigenvalue weighted by Gasteiger charge is -2.28. The van der Waals surface area contributed by atoms with E-state index < -0.39 is 0 Å². The van der Waals surface area contributed by atoms with Crippen LogP contribution in [0, 0.1) is 0 Å². The SMILES string of the molecule is CCN1CCCC1CN(C)C(=O)c1ccccc1Br. The van der Waals surface area contributed by atoms with Gasteiger partial charge in [-0.2, -0.15) is 0 Å². The molecule has 2 rings (SSSR count). The number of hydrogen-bond acceptors (Lipinski definition) is 2. The summed E-state index contributed by atoms with van der Waals surface area (Å²) >= 11 is 3.45. The highest BCUT2D eigenvalue weighted by atomic mass is 79.9. The molecule has 0 aliphatic carbocycles. The third-order valence-corrected chi connectivity index (χ3v) is 4.53. The van der Waals surface area contributed by atoms with E-state index in [0.717, 1.165) is 29.7 Å². The zero-order valence-corrected chi connectivity index (χ0v) is 13.2. The number of halogens is 1. The second-order valence-electron chi connectivity index (χ2n) is 5.09. The lowest BCUT2D eigenvalue weighted by atomic mass is 10.1. The van der Waals surface area contributed by atoms with Crippen LogP contribution in [-0.2, 0) is 0 Å². The van der Waals surface area contributed by atoms with E-state index in [1.54, 1.807) is 0 Å². The van der Waals surface area contributed by atoms with Gasteiger partial charge in [-0.3, -0.25) is 9.69 Å². The summed E-state index contributed by atoms with van der Waals surface area (Å²) in [5.41, 5.74) is 0.742. The number of nitrogens with zero attached hydrogens (tertiary/aromatic N) is 2. The van der Waals surface area contributed by atoms with Crippen molar-refractivity contribution in [2.45, 2.75) is 25.8 Å². The van der Waals surface area contributed by atoms with Gasteiger partial charge in [0.15, 0.2) is 0 Å². The van der Waals surface area contributed by atoms with Crippen LogP contribution in [0.15, 0.2) is 28.7 Å². The van der Waals surface area contributed by atoms with Crippen molar-refractivity contribution in [2.75, 3.05) is 26.7 Å². The Bertz CT molecular complexity index is 450. The Morgan fingerprint density at radius 2 is 2.21 bits per heavy atom. The molecule has 0 saturated carbocycles. The van der Waals surface area contributed by atoms with E-state index in [-0.39, 0.29) is 5.91 Å². The normalized spacial score (nSPS) is 19.6. The Morgan fingerprint density at radius 1 is 1.47 bits per heavy atom. The van der Waals surface area contributed by atoms with Crippen molar-refractivity contribution in [2.24, 2.45) is 0 Å². The van der Waals surface area contributed by atoms with Crippen molar-refractivity contribution >= 4 is 21.8 Å². The van der Waals surface area contributed by atoms with Gasteiger partial charge in [0.25, 0.3) is 5.91 Å². The van der Waals surface area contributed by atoms with Gasteiger partial charge in [0.2, 0.25) is 0 Å². The summed E-state index contributed by atoms with van der Waals surface area (Å²) in [4.78, 5) is 16.7. The van der Waals surface area contributed by atoms with E-state index in [2.05, 4.69) is 27.8 Å². The molecule has 104 valence electrons. The Morgan fingerprint density at radius 3 is 2.89 bits per heavy atom. The highest BCUT2D eigenvalue weighted by molar-refractivity contribution is 9.10. The Labute approximate surface area is 123 Å². The smallest absolute Gasteiger partial charge is 0.254 e. The number of rotatable bonds is 4. The van der Waals surface area contributed by atoms with Gasteiger partial charge in [-0.15, -0.1) is 0 Å². The molecule has 0 aromatic heterocycles. The van der Waals surface area contributed by atoms with Gasteiger partial charge >= 0.3 is 0 Å². The first kappa shape index (κ1) is 14.5. The van der Waals surface area contributed by atoms with Gasteiger partial charge in [0.1, 0.15) is 0 Å². The first-order chi connectivity index (χ1) is 9.13. The van der Waals surface area contributed by atoms with Crippen molar-refractivity contribution < 1.29 is 4.79 Å². The molecule has 1 aromatic rings. The van der Waals surface area contributed by atoms with E-state index in [4.69, 9.17) is 0 Å². The number of hydrogen-bond donors (Lipinski definition) is 0. The molecule has 19 heavy (non-hydrogen) atoms. The van der Waals surface area contributed by atoms with Gasteiger partial charge in [-0.05, 0) is 54.0 Å². The van der Waals surface area contributed by atoms with Gasteiger partial charge in [0, 0.05) is 24.1 Å². The second kappa shape index (κ2) is 6.53. The summed E-state index contributed by atoms with van der Waals surface area (Å²) in [6, 6.07) is 8.13. The quantitative estimate of drug-likeness (QED) is 0.850. The zero-order chi connectivity index (χ0) is 13.8. The summed E-state index contributed by atoms with van der Waals surface area (Å²) in [6.45, 7) is 5.24. The van der Waals surface area contributed by atoms with Crippen LogP contribution in [0.25, 0.3) is 0 Å². The molecule has 0 N–H and O–H groups in total. The fourth-order valence-corrected chi connectivity index (χ4v) is 3.21. The number of benzene rings is 1. The van der Waals surface area contributed by atoms with Crippen LogP contribution in [0.1, 0.15) is 30.1 Å². The van der Waals surface area contributed by atoms with E-state index in [1.807, 2.05) is 36.2 Å². The topological polar surface area (TPSA) is 23.6 Å². The molecule has 1 heterocycles. The van der Waals surface area contributed by atoms with E-state index in [9.17, 15) is 4.79 Å². The first-order valence-corrected chi connectivity index (χ1v) is 7.66. The maximum absolute atomic E-state index is 12.4. The Hall–Kier alpha value is -0.870. The fraction of sp³-hybridized carbons (Fsp3) is 0.533. The molecule has 1 amide bonds. The molecule has 0 radical (unpaired) electrons. The van der Waals surface area contributed by atoms with Crippen LogP contribution in [0.5, 0.6) is 0 Å². The number of amides is 1. The first-order valence-electron chi connectivity index (χ1n) is 6.87. The summed E-state index contributed by atoms with van der Waals surface area (Å²) < 4.78 is 0.866. The standard InChI is InChI=1S/C15H21BrN2O/c1-3-18-10-6-7-12(18)11-17(2)15(19)13-8-4-5-9-14(13)16/h4-5,8-9,12H,3,6-7,10-11H2,1-2H3. The Kier molecular flexibility index (Phi) is 4.99. The summed E-state index contributed by atoms with van der Waals surface area (Å²) in [7, 11) is 1.90. The van der Waals surface area contributed by atoms with Gasteiger partial charge in [-0.25, -0.2) is 0 Å². The number of carbonyl (C=O) groups is 1. The van der Waals surface area contributed by atoms with Gasteiger partial charge in [-0.1, -0.05) is 19.1 Å². The molecule has 1 aliphatic rings. The lowest BCUT2D eigenvalue weighted by Crippen LogP contribution is -2.41. The predicted octanol–water partition coefficient (Wildman–Crippen LogP) is 3.01. The Balaban J connectivity index is 2.02. The van der Waals surface area contributed by atoms with Gasteiger partial charge < -0.3 is 4.90 Å². The minimum atomic E-state index is 0.0930. The molecule has 1 saturated heterocycles. The van der Waals surface area contributed by atoms with Crippen LogP contribution in [0.4, 0.5) is 0 Å². The third-order valence-electron chi connectivity index (χ3n) is 3.84. The fourth-order valence-electron chi connectivity index (χ4n) is 2.76. The van der Waals surface area contributed by atoms with Gasteiger partial charge in [0.05, 0.1) is 5.56 Å². The summed E-state index contributed by atoms with van der Waals surface area (Å²) in [6.07, 6.45) is 2.44. The summed E-state index contributed by atoms with van der Waals surface area (Å²) in [5, 5.41) is 0. The highest BCUT2D eigenvalue weighted by Crippen LogP contribution is 2.20. The van der Waals surface area contributed by atoms with Crippen molar-refractivity contribution in [3.63, 3.8) is 0 Å². The minimum Gasteiger partial charge on any atom is -0.340 e. The largest absolute Gasteiger partial charge is 0.340 e. The molecule has 1 unspecified atom stereocenters. The molecule has 1 aliphatic heterocycles. The van der Waals surface area contributed by atoms with E-state index >= 15 is 0 Å². The molecular weight excluding hydrogens is 304 g/mol. The van der Waals surface area contributed by atoms with Crippen molar-refractivity contribution in [3.05, 3.63) is 34.3 Å².